The summed E-state index contributed by atoms with van der Waals surface area (Å²) in [6.45, 7) is 0. The summed E-state index contributed by atoms with van der Waals surface area (Å²) < 4.78 is 12.0. The molecule has 0 radical (unpaired) electrons. The first kappa shape index (κ1) is 23.0. The van der Waals surface area contributed by atoms with E-state index in [2.05, 4.69) is 15.3 Å². The highest BCUT2D eigenvalue weighted by atomic mass is 35.5. The number of carbonyl (C=O) groups is 1. The Morgan fingerprint density at radius 1 is 1.06 bits per heavy atom. The van der Waals surface area contributed by atoms with Gasteiger partial charge in [-0.15, -0.1) is 0 Å². The number of esters is 1. The highest BCUT2D eigenvalue weighted by molar-refractivity contribution is 6.30. The monoisotopic (exact) mass is 476 g/mol. The number of H-pyrrole nitrogens is 1. The fourth-order valence-electron chi connectivity index (χ4n) is 3.24. The van der Waals surface area contributed by atoms with Gasteiger partial charge in [0.05, 0.1) is 19.7 Å². The second kappa shape index (κ2) is 10.6. The Bertz CT molecular complexity index is 1360. The lowest BCUT2D eigenvalue weighted by Gasteiger charge is -2.10. The molecule has 9 heteroatoms. The molecule has 4 rings (SSSR count). The van der Waals surface area contributed by atoms with Crippen molar-refractivity contribution in [2.45, 2.75) is 12.8 Å². The minimum atomic E-state index is -0.469. The summed E-state index contributed by atoms with van der Waals surface area (Å²) in [6.07, 6.45) is 2.00. The van der Waals surface area contributed by atoms with Gasteiger partial charge in [0, 0.05) is 11.4 Å². The standard InChI is InChI=1S/C25H21ClN4O4/c1-33-21-12-9-19(13-22(21)34-24(31)15-17-5-3-2-4-6-17)16-27-30-23(28-29-25(30)32)14-18-7-10-20(26)11-8-18/h2-13,16H,14-15H2,1H3,(H,29,32)/b27-16+. The number of nitrogens with zero attached hydrogens (tertiary/aromatic N) is 3. The molecule has 1 N–H and O–H groups in total. The van der Waals surface area contributed by atoms with E-state index in [4.69, 9.17) is 21.1 Å². The Labute approximate surface area is 200 Å². The number of methoxy groups -OCH3 is 1. The van der Waals surface area contributed by atoms with Gasteiger partial charge in [0.2, 0.25) is 0 Å². The van der Waals surface area contributed by atoms with Crippen LogP contribution in [-0.4, -0.2) is 34.2 Å². The molecule has 0 fully saturated rings. The van der Waals surface area contributed by atoms with Gasteiger partial charge in [-0.1, -0.05) is 54.1 Å². The van der Waals surface area contributed by atoms with E-state index in [-0.39, 0.29) is 12.2 Å². The van der Waals surface area contributed by atoms with Gasteiger partial charge in [-0.25, -0.2) is 9.89 Å². The van der Waals surface area contributed by atoms with Gasteiger partial charge >= 0.3 is 11.7 Å². The number of aromatic nitrogens is 3. The van der Waals surface area contributed by atoms with Gasteiger partial charge in [-0.2, -0.15) is 14.9 Å². The van der Waals surface area contributed by atoms with E-state index in [0.717, 1.165) is 11.1 Å². The maximum Gasteiger partial charge on any atom is 0.364 e. The molecule has 0 atom stereocenters. The maximum atomic E-state index is 12.4. The fourth-order valence-corrected chi connectivity index (χ4v) is 3.37. The molecule has 0 aliphatic carbocycles. The zero-order valence-corrected chi connectivity index (χ0v) is 19.0. The molecule has 34 heavy (non-hydrogen) atoms. The third kappa shape index (κ3) is 5.79. The molecule has 0 unspecified atom stereocenters. The molecule has 0 aliphatic heterocycles. The first-order valence-corrected chi connectivity index (χ1v) is 10.8. The lowest BCUT2D eigenvalue weighted by Crippen LogP contribution is -2.15. The lowest BCUT2D eigenvalue weighted by molar-refractivity contribution is -0.133. The molecule has 172 valence electrons. The molecule has 1 aromatic heterocycles. The van der Waals surface area contributed by atoms with Crippen molar-refractivity contribution in [3.63, 3.8) is 0 Å². The number of halogens is 1. The summed E-state index contributed by atoms with van der Waals surface area (Å²) in [5, 5.41) is 11.4. The maximum absolute atomic E-state index is 12.4. The van der Waals surface area contributed by atoms with Gasteiger partial charge in [-0.05, 0) is 47.0 Å². The summed E-state index contributed by atoms with van der Waals surface area (Å²) in [5.41, 5.74) is 1.91. The van der Waals surface area contributed by atoms with Crippen molar-refractivity contribution >= 4 is 23.8 Å². The van der Waals surface area contributed by atoms with E-state index >= 15 is 0 Å². The second-order valence-corrected chi connectivity index (χ2v) is 7.79. The van der Waals surface area contributed by atoms with E-state index in [1.165, 1.54) is 18.0 Å². The fraction of sp³-hybridized carbons (Fsp3) is 0.120. The SMILES string of the molecule is COc1ccc(/C=N/n2c(Cc3ccc(Cl)cc3)n[nH]c2=O)cc1OC(=O)Cc1ccccc1. The number of hydrogen-bond acceptors (Lipinski definition) is 6. The highest BCUT2D eigenvalue weighted by Crippen LogP contribution is 2.28. The van der Waals surface area contributed by atoms with Crippen molar-refractivity contribution < 1.29 is 14.3 Å². The molecule has 0 saturated heterocycles. The average molecular weight is 477 g/mol. The van der Waals surface area contributed by atoms with Crippen molar-refractivity contribution in [1.29, 1.82) is 0 Å². The van der Waals surface area contributed by atoms with Crippen LogP contribution in [0.2, 0.25) is 5.02 Å². The van der Waals surface area contributed by atoms with Crippen LogP contribution in [-0.2, 0) is 17.6 Å². The van der Waals surface area contributed by atoms with Crippen molar-refractivity contribution in [3.8, 4) is 11.5 Å². The van der Waals surface area contributed by atoms with Gasteiger partial charge in [0.1, 0.15) is 0 Å². The number of aromatic amines is 1. The predicted octanol–water partition coefficient (Wildman–Crippen LogP) is 3.85. The van der Waals surface area contributed by atoms with E-state index in [9.17, 15) is 9.59 Å². The van der Waals surface area contributed by atoms with E-state index in [0.29, 0.717) is 28.6 Å². The van der Waals surface area contributed by atoms with Gasteiger partial charge < -0.3 is 9.47 Å². The number of rotatable bonds is 8. The number of hydrogen-bond donors (Lipinski definition) is 1. The van der Waals surface area contributed by atoms with Crippen LogP contribution in [0.25, 0.3) is 0 Å². The molecule has 4 aromatic rings. The van der Waals surface area contributed by atoms with Crippen LogP contribution in [0.4, 0.5) is 0 Å². The molecule has 3 aromatic carbocycles. The molecule has 0 amide bonds. The first-order valence-electron chi connectivity index (χ1n) is 10.4. The van der Waals surface area contributed by atoms with Crippen LogP contribution in [0.3, 0.4) is 0 Å². The lowest BCUT2D eigenvalue weighted by atomic mass is 10.1. The van der Waals surface area contributed by atoms with Crippen LogP contribution in [0.1, 0.15) is 22.5 Å². The minimum absolute atomic E-state index is 0.126. The molecular weight excluding hydrogens is 456 g/mol. The third-order valence-electron chi connectivity index (χ3n) is 4.92. The number of benzene rings is 3. The van der Waals surface area contributed by atoms with Crippen molar-refractivity contribution in [2.75, 3.05) is 7.11 Å². The molecule has 0 aliphatic rings. The molecule has 1 heterocycles. The highest BCUT2D eigenvalue weighted by Gasteiger charge is 2.12. The smallest absolute Gasteiger partial charge is 0.364 e. The molecule has 0 bridgehead atoms. The molecule has 8 nitrogen and oxygen atoms in total. The zero-order valence-electron chi connectivity index (χ0n) is 18.3. The Morgan fingerprint density at radius 2 is 1.82 bits per heavy atom. The van der Waals surface area contributed by atoms with Crippen LogP contribution in [0.15, 0.2) is 82.7 Å². The number of nitrogens with one attached hydrogen (secondary N) is 1. The van der Waals surface area contributed by atoms with Crippen molar-refractivity contribution in [1.82, 2.24) is 14.9 Å². The Balaban J connectivity index is 1.52. The summed E-state index contributed by atoms with van der Waals surface area (Å²) in [4.78, 5) is 24.6. The van der Waals surface area contributed by atoms with Crippen molar-refractivity contribution in [3.05, 3.63) is 111 Å². The Hall–Kier alpha value is -4.17. The summed E-state index contributed by atoms with van der Waals surface area (Å²) in [6, 6.07) is 21.6. The second-order valence-electron chi connectivity index (χ2n) is 7.35. The summed E-state index contributed by atoms with van der Waals surface area (Å²) >= 11 is 5.93. The van der Waals surface area contributed by atoms with E-state index in [1.54, 1.807) is 30.3 Å². The van der Waals surface area contributed by atoms with Gasteiger partial charge in [0.25, 0.3) is 0 Å². The third-order valence-corrected chi connectivity index (χ3v) is 5.17. The van der Waals surface area contributed by atoms with Crippen LogP contribution >= 0.6 is 11.6 Å². The van der Waals surface area contributed by atoms with Crippen LogP contribution < -0.4 is 15.2 Å². The summed E-state index contributed by atoms with van der Waals surface area (Å²) in [7, 11) is 1.49. The Kier molecular flexibility index (Phi) is 7.19. The number of ether oxygens (including phenoxy) is 2. The predicted molar refractivity (Wildman–Crippen MR) is 129 cm³/mol. The molecule has 0 saturated carbocycles. The normalized spacial score (nSPS) is 11.0. The summed E-state index contributed by atoms with van der Waals surface area (Å²) in [5.74, 6) is 0.678. The van der Waals surface area contributed by atoms with Crippen LogP contribution in [0, 0.1) is 0 Å². The van der Waals surface area contributed by atoms with Gasteiger partial charge in [-0.3, -0.25) is 4.79 Å². The largest absolute Gasteiger partial charge is 0.493 e. The van der Waals surface area contributed by atoms with Gasteiger partial charge in [0.15, 0.2) is 17.3 Å². The number of carbonyl (C=O) groups excluding carboxylic acids is 1. The van der Waals surface area contributed by atoms with Crippen LogP contribution in [0.5, 0.6) is 11.5 Å². The average Bonchev–Trinajstić information content (AvgIpc) is 3.18. The molecular formula is C25H21ClN4O4. The minimum Gasteiger partial charge on any atom is -0.493 e. The van der Waals surface area contributed by atoms with Crippen molar-refractivity contribution in [2.24, 2.45) is 5.10 Å². The quantitative estimate of drug-likeness (QED) is 0.236. The van der Waals surface area contributed by atoms with E-state index in [1.807, 2.05) is 42.5 Å². The topological polar surface area (TPSA) is 98.6 Å². The van der Waals surface area contributed by atoms with E-state index < -0.39 is 11.7 Å². The Morgan fingerprint density at radius 3 is 2.56 bits per heavy atom. The zero-order chi connectivity index (χ0) is 23.9. The first-order chi connectivity index (χ1) is 16.5. The molecule has 0 spiro atoms.